The summed E-state index contributed by atoms with van der Waals surface area (Å²) < 4.78 is 2.13. The van der Waals surface area contributed by atoms with Crippen LogP contribution in [0.2, 0.25) is 0 Å². The average molecular weight is 332 g/mol. The molecule has 0 spiro atoms. The fraction of sp³-hybridized carbons (Fsp3) is 0.100. The first-order valence-electron chi connectivity index (χ1n) is 7.74. The van der Waals surface area contributed by atoms with Gasteiger partial charge in [-0.15, -0.1) is 11.6 Å². The van der Waals surface area contributed by atoms with Crippen LogP contribution in [0.3, 0.4) is 0 Å². The average Bonchev–Trinajstić information content (AvgIpc) is 3.01. The summed E-state index contributed by atoms with van der Waals surface area (Å²) >= 11 is 6.00. The number of pyridine rings is 1. The van der Waals surface area contributed by atoms with Crippen LogP contribution in [-0.4, -0.2) is 15.3 Å². The highest BCUT2D eigenvalue weighted by molar-refractivity contribution is 6.21. The van der Waals surface area contributed by atoms with Crippen LogP contribution in [0.15, 0.2) is 42.5 Å². The number of rotatable bonds is 1. The Balaban J connectivity index is 2.44. The van der Waals surface area contributed by atoms with Crippen molar-refractivity contribution in [3.8, 4) is 6.07 Å². The molecule has 0 aliphatic carbocycles. The van der Waals surface area contributed by atoms with Crippen LogP contribution in [0.1, 0.15) is 12.5 Å². The summed E-state index contributed by atoms with van der Waals surface area (Å²) in [6.07, 6.45) is 4.07. The van der Waals surface area contributed by atoms with Crippen molar-refractivity contribution in [3.63, 3.8) is 0 Å². The fourth-order valence-electron chi connectivity index (χ4n) is 3.31. The molecule has 0 unspecified atom stereocenters. The Hall–Kier alpha value is -2.83. The molecular formula is C20H14ClN3. The van der Waals surface area contributed by atoms with Crippen molar-refractivity contribution in [3.05, 3.63) is 58.5 Å². The standard InChI is InChI=1S/C20H14ClN3/c1-2-14-15(9-10-21)16-8-7-13(12-22)11-19(16)24-18-6-4-3-5-17(18)23-20(14)24/h2-9,11H,10H2,1H3/b14-2+,15-9+. The molecule has 4 aromatic rings. The van der Waals surface area contributed by atoms with E-state index < -0.39 is 0 Å². The Kier molecular flexibility index (Phi) is 3.48. The number of aromatic nitrogens is 2. The lowest BCUT2D eigenvalue weighted by molar-refractivity contribution is 1.26. The zero-order valence-corrected chi connectivity index (χ0v) is 13.9. The molecular weight excluding hydrogens is 318 g/mol. The minimum absolute atomic E-state index is 0.423. The molecule has 4 heteroatoms. The summed E-state index contributed by atoms with van der Waals surface area (Å²) in [6.45, 7) is 2.01. The van der Waals surface area contributed by atoms with Crippen LogP contribution >= 0.6 is 11.6 Å². The Morgan fingerprint density at radius 2 is 2.00 bits per heavy atom. The predicted octanol–water partition coefficient (Wildman–Crippen LogP) is 3.33. The molecule has 116 valence electrons. The number of alkyl halides is 1. The van der Waals surface area contributed by atoms with E-state index in [1.54, 1.807) is 0 Å². The molecule has 4 rings (SSSR count). The summed E-state index contributed by atoms with van der Waals surface area (Å²) in [4.78, 5) is 4.82. The molecule has 3 nitrogen and oxygen atoms in total. The van der Waals surface area contributed by atoms with E-state index in [9.17, 15) is 5.26 Å². The maximum Gasteiger partial charge on any atom is 0.146 e. The van der Waals surface area contributed by atoms with Gasteiger partial charge in [-0.2, -0.15) is 5.26 Å². The second-order valence-electron chi connectivity index (χ2n) is 5.58. The van der Waals surface area contributed by atoms with Crippen molar-refractivity contribution in [2.45, 2.75) is 6.92 Å². The van der Waals surface area contributed by atoms with Crippen LogP contribution in [0.4, 0.5) is 0 Å². The third-order valence-electron chi connectivity index (χ3n) is 4.32. The smallest absolute Gasteiger partial charge is 0.146 e. The van der Waals surface area contributed by atoms with Gasteiger partial charge in [-0.1, -0.05) is 30.4 Å². The van der Waals surface area contributed by atoms with Gasteiger partial charge in [0.15, 0.2) is 0 Å². The Morgan fingerprint density at radius 3 is 2.75 bits per heavy atom. The molecule has 0 radical (unpaired) electrons. The molecule has 0 saturated carbocycles. The van der Waals surface area contributed by atoms with E-state index in [-0.39, 0.29) is 0 Å². The van der Waals surface area contributed by atoms with Gasteiger partial charge in [-0.05, 0) is 36.4 Å². The monoisotopic (exact) mass is 331 g/mol. The van der Waals surface area contributed by atoms with Gasteiger partial charge in [0.1, 0.15) is 5.65 Å². The quantitative estimate of drug-likeness (QED) is 0.502. The van der Waals surface area contributed by atoms with E-state index in [0.717, 1.165) is 38.0 Å². The van der Waals surface area contributed by atoms with Crippen LogP contribution < -0.4 is 10.4 Å². The Labute approximate surface area is 143 Å². The van der Waals surface area contributed by atoms with Gasteiger partial charge in [-0.25, -0.2) is 4.98 Å². The lowest BCUT2D eigenvalue weighted by atomic mass is 10.1. The first-order valence-corrected chi connectivity index (χ1v) is 8.27. The van der Waals surface area contributed by atoms with E-state index in [4.69, 9.17) is 16.6 Å². The number of benzene rings is 2. The summed E-state index contributed by atoms with van der Waals surface area (Å²) in [5, 5.41) is 12.5. The second-order valence-corrected chi connectivity index (χ2v) is 5.89. The Bertz CT molecular complexity index is 1260. The normalized spacial score (nSPS) is 13.2. The fourth-order valence-corrected chi connectivity index (χ4v) is 3.47. The Morgan fingerprint density at radius 1 is 1.17 bits per heavy atom. The molecule has 2 heterocycles. The molecule has 0 aliphatic heterocycles. The number of halogens is 1. The molecule has 0 fully saturated rings. The van der Waals surface area contributed by atoms with Crippen molar-refractivity contribution >= 4 is 51.3 Å². The highest BCUT2D eigenvalue weighted by Crippen LogP contribution is 2.20. The maximum absolute atomic E-state index is 9.30. The zero-order chi connectivity index (χ0) is 16.7. The minimum Gasteiger partial charge on any atom is -0.292 e. The minimum atomic E-state index is 0.423. The van der Waals surface area contributed by atoms with E-state index in [1.807, 2.05) is 49.4 Å². The highest BCUT2D eigenvalue weighted by Gasteiger charge is 2.11. The largest absolute Gasteiger partial charge is 0.292 e. The van der Waals surface area contributed by atoms with Crippen molar-refractivity contribution in [1.82, 2.24) is 9.38 Å². The van der Waals surface area contributed by atoms with Crippen molar-refractivity contribution in [2.24, 2.45) is 0 Å². The zero-order valence-electron chi connectivity index (χ0n) is 13.1. The number of fused-ring (bicyclic) bond motifs is 5. The number of nitriles is 1. The number of nitrogens with zero attached hydrogens (tertiary/aromatic N) is 3. The number of para-hydroxylation sites is 2. The predicted molar refractivity (Wildman–Crippen MR) is 99.5 cm³/mol. The van der Waals surface area contributed by atoms with Crippen LogP contribution in [0, 0.1) is 11.3 Å². The lowest BCUT2D eigenvalue weighted by Crippen LogP contribution is -2.28. The first-order chi connectivity index (χ1) is 11.8. The van der Waals surface area contributed by atoms with Crippen LogP contribution in [0.25, 0.3) is 39.7 Å². The molecule has 0 saturated heterocycles. The molecule has 0 N–H and O–H groups in total. The SMILES string of the molecule is C/C=c1\c(=C/CCl)c2ccc(C#N)cc2n2c1nc1ccccc12. The maximum atomic E-state index is 9.30. The summed E-state index contributed by atoms with van der Waals surface area (Å²) in [7, 11) is 0. The van der Waals surface area contributed by atoms with Gasteiger partial charge >= 0.3 is 0 Å². The van der Waals surface area contributed by atoms with Gasteiger partial charge in [0.25, 0.3) is 0 Å². The van der Waals surface area contributed by atoms with Crippen LogP contribution in [-0.2, 0) is 0 Å². The third-order valence-corrected chi connectivity index (χ3v) is 4.47. The number of imidazole rings is 1. The van der Waals surface area contributed by atoms with E-state index >= 15 is 0 Å². The summed E-state index contributed by atoms with van der Waals surface area (Å²) in [5.41, 5.74) is 4.46. The number of hydrogen-bond acceptors (Lipinski definition) is 2. The summed E-state index contributed by atoms with van der Waals surface area (Å²) in [6, 6.07) is 16.0. The number of hydrogen-bond donors (Lipinski definition) is 0. The molecule has 2 aromatic heterocycles. The molecule has 2 aromatic carbocycles. The van der Waals surface area contributed by atoms with Gasteiger partial charge < -0.3 is 0 Å². The third kappa shape index (κ3) is 2.01. The van der Waals surface area contributed by atoms with E-state index in [1.165, 1.54) is 0 Å². The van der Waals surface area contributed by atoms with Gasteiger partial charge in [0.05, 0.1) is 28.2 Å². The lowest BCUT2D eigenvalue weighted by Gasteiger charge is -2.07. The molecule has 0 atom stereocenters. The van der Waals surface area contributed by atoms with Crippen molar-refractivity contribution in [2.75, 3.05) is 5.88 Å². The van der Waals surface area contributed by atoms with Crippen molar-refractivity contribution < 1.29 is 0 Å². The molecule has 0 bridgehead atoms. The van der Waals surface area contributed by atoms with Crippen LogP contribution in [0.5, 0.6) is 0 Å². The topological polar surface area (TPSA) is 41.1 Å². The highest BCUT2D eigenvalue weighted by atomic mass is 35.5. The second kappa shape index (κ2) is 5.67. The first kappa shape index (κ1) is 14.7. The molecule has 0 aliphatic rings. The van der Waals surface area contributed by atoms with Gasteiger partial charge in [-0.3, -0.25) is 4.40 Å². The van der Waals surface area contributed by atoms with Gasteiger partial charge in [0, 0.05) is 16.5 Å². The molecule has 0 amide bonds. The molecule has 24 heavy (non-hydrogen) atoms. The van der Waals surface area contributed by atoms with E-state index in [0.29, 0.717) is 11.4 Å². The van der Waals surface area contributed by atoms with E-state index in [2.05, 4.69) is 22.6 Å². The van der Waals surface area contributed by atoms with Gasteiger partial charge in [0.2, 0.25) is 0 Å². The summed E-state index contributed by atoms with van der Waals surface area (Å²) in [5.74, 6) is 0.423. The van der Waals surface area contributed by atoms with Crippen molar-refractivity contribution in [1.29, 1.82) is 5.26 Å².